The molecule has 3 heteroatoms. The molecule has 3 nitrogen and oxygen atoms in total. The largest absolute Gasteiger partial charge is 0.311 e. The van der Waals surface area contributed by atoms with E-state index in [0.717, 1.165) is 24.5 Å². The minimum Gasteiger partial charge on any atom is -0.311 e. The van der Waals surface area contributed by atoms with E-state index in [1.807, 2.05) is 29.1 Å². The first-order chi connectivity index (χ1) is 8.25. The molecule has 0 fully saturated rings. The van der Waals surface area contributed by atoms with Gasteiger partial charge in [0.1, 0.15) is 0 Å². The van der Waals surface area contributed by atoms with Gasteiger partial charge in [-0.05, 0) is 30.7 Å². The van der Waals surface area contributed by atoms with Gasteiger partial charge in [0.15, 0.2) is 0 Å². The molecule has 0 radical (unpaired) electrons. The minimum atomic E-state index is 0.672. The number of aromatic nitrogens is 2. The van der Waals surface area contributed by atoms with Gasteiger partial charge in [0.2, 0.25) is 0 Å². The molecular formula is C14H19N3. The van der Waals surface area contributed by atoms with E-state index in [9.17, 15) is 0 Å². The number of para-hydroxylation sites is 1. The lowest BCUT2D eigenvalue weighted by atomic mass is 10.2. The summed E-state index contributed by atoms with van der Waals surface area (Å²) in [5.41, 5.74) is 2.18. The third-order valence-electron chi connectivity index (χ3n) is 2.52. The number of nitrogens with zero attached hydrogens (tertiary/aromatic N) is 2. The number of hydrogen-bond donors (Lipinski definition) is 1. The summed E-state index contributed by atoms with van der Waals surface area (Å²) in [6.07, 6.45) is 2.00. The molecule has 0 atom stereocenters. The van der Waals surface area contributed by atoms with Crippen LogP contribution in [0.2, 0.25) is 0 Å². The second-order valence-electron chi connectivity index (χ2n) is 4.61. The van der Waals surface area contributed by atoms with Crippen molar-refractivity contribution in [2.45, 2.75) is 20.4 Å². The van der Waals surface area contributed by atoms with Crippen molar-refractivity contribution in [1.82, 2.24) is 15.1 Å². The molecule has 0 saturated heterocycles. The zero-order valence-corrected chi connectivity index (χ0v) is 10.4. The molecule has 1 N–H and O–H groups in total. The minimum absolute atomic E-state index is 0.672. The number of benzene rings is 1. The highest BCUT2D eigenvalue weighted by atomic mass is 15.3. The molecule has 1 aromatic carbocycles. The lowest BCUT2D eigenvalue weighted by molar-refractivity contribution is 0.546. The summed E-state index contributed by atoms with van der Waals surface area (Å²) in [6.45, 7) is 6.27. The summed E-state index contributed by atoms with van der Waals surface area (Å²) >= 11 is 0. The fraction of sp³-hybridized carbons (Fsp3) is 0.357. The molecule has 0 aliphatic rings. The molecule has 2 rings (SSSR count). The van der Waals surface area contributed by atoms with E-state index in [1.54, 1.807) is 0 Å². The summed E-state index contributed by atoms with van der Waals surface area (Å²) in [4.78, 5) is 0. The summed E-state index contributed by atoms with van der Waals surface area (Å²) in [5, 5.41) is 7.92. The molecule has 0 unspecified atom stereocenters. The van der Waals surface area contributed by atoms with Crippen molar-refractivity contribution in [3.8, 4) is 5.69 Å². The van der Waals surface area contributed by atoms with Crippen molar-refractivity contribution in [3.05, 3.63) is 48.3 Å². The maximum atomic E-state index is 4.53. The monoisotopic (exact) mass is 229 g/mol. The van der Waals surface area contributed by atoms with Gasteiger partial charge in [-0.3, -0.25) is 0 Å². The first-order valence-corrected chi connectivity index (χ1v) is 6.06. The Kier molecular flexibility index (Phi) is 3.94. The van der Waals surface area contributed by atoms with Crippen molar-refractivity contribution in [2.24, 2.45) is 5.92 Å². The van der Waals surface area contributed by atoms with Gasteiger partial charge in [-0.15, -0.1) is 0 Å². The van der Waals surface area contributed by atoms with Crippen LogP contribution >= 0.6 is 0 Å². The molecule has 1 heterocycles. The Morgan fingerprint density at radius 1 is 1.18 bits per heavy atom. The first kappa shape index (κ1) is 11.9. The molecule has 1 aromatic heterocycles. The summed E-state index contributed by atoms with van der Waals surface area (Å²) in [5.74, 6) is 0.672. The van der Waals surface area contributed by atoms with Crippen molar-refractivity contribution in [2.75, 3.05) is 6.54 Å². The van der Waals surface area contributed by atoms with Crippen LogP contribution in [-0.2, 0) is 6.54 Å². The Labute approximate surface area is 102 Å². The second-order valence-corrected chi connectivity index (χ2v) is 4.61. The molecule has 17 heavy (non-hydrogen) atoms. The maximum Gasteiger partial charge on any atom is 0.0766 e. The first-order valence-electron chi connectivity index (χ1n) is 6.06. The quantitative estimate of drug-likeness (QED) is 0.854. The second kappa shape index (κ2) is 5.64. The van der Waals surface area contributed by atoms with Gasteiger partial charge in [-0.1, -0.05) is 32.0 Å². The molecule has 0 aliphatic carbocycles. The van der Waals surface area contributed by atoms with E-state index in [2.05, 4.69) is 42.5 Å². The van der Waals surface area contributed by atoms with Gasteiger partial charge in [-0.25, -0.2) is 4.68 Å². The Morgan fingerprint density at radius 3 is 2.65 bits per heavy atom. The van der Waals surface area contributed by atoms with Crippen LogP contribution in [-0.4, -0.2) is 16.3 Å². The highest BCUT2D eigenvalue weighted by Gasteiger charge is 2.00. The molecule has 0 amide bonds. The fourth-order valence-corrected chi connectivity index (χ4v) is 1.67. The average molecular weight is 229 g/mol. The van der Waals surface area contributed by atoms with Crippen LogP contribution in [0.1, 0.15) is 19.5 Å². The lowest BCUT2D eigenvalue weighted by Crippen LogP contribution is -2.19. The normalized spacial score (nSPS) is 11.0. The third kappa shape index (κ3) is 3.43. The third-order valence-corrected chi connectivity index (χ3v) is 2.52. The summed E-state index contributed by atoms with van der Waals surface area (Å²) in [6, 6.07) is 12.2. The van der Waals surface area contributed by atoms with E-state index in [-0.39, 0.29) is 0 Å². The SMILES string of the molecule is CC(C)CNCc1ccn(-c2ccccc2)n1. The lowest BCUT2D eigenvalue weighted by Gasteiger charge is -2.05. The topological polar surface area (TPSA) is 29.9 Å². The van der Waals surface area contributed by atoms with Crippen molar-refractivity contribution < 1.29 is 0 Å². The zero-order chi connectivity index (χ0) is 12.1. The molecule has 0 spiro atoms. The number of hydrogen-bond acceptors (Lipinski definition) is 2. The number of nitrogens with one attached hydrogen (secondary N) is 1. The summed E-state index contributed by atoms with van der Waals surface area (Å²) in [7, 11) is 0. The highest BCUT2D eigenvalue weighted by molar-refractivity contribution is 5.30. The molecule has 0 saturated carbocycles. The van der Waals surface area contributed by atoms with Gasteiger partial charge < -0.3 is 5.32 Å². The predicted molar refractivity (Wildman–Crippen MR) is 70.1 cm³/mol. The Balaban J connectivity index is 1.97. The van der Waals surface area contributed by atoms with Crippen LogP contribution in [0, 0.1) is 5.92 Å². The van der Waals surface area contributed by atoms with E-state index >= 15 is 0 Å². The Bertz CT molecular complexity index is 446. The zero-order valence-electron chi connectivity index (χ0n) is 10.4. The van der Waals surface area contributed by atoms with Crippen LogP contribution < -0.4 is 5.32 Å². The van der Waals surface area contributed by atoms with Gasteiger partial charge in [0, 0.05) is 12.7 Å². The average Bonchev–Trinajstić information content (AvgIpc) is 2.78. The smallest absolute Gasteiger partial charge is 0.0766 e. The molecule has 0 bridgehead atoms. The molecular weight excluding hydrogens is 210 g/mol. The van der Waals surface area contributed by atoms with Crippen molar-refractivity contribution in [3.63, 3.8) is 0 Å². The van der Waals surface area contributed by atoms with Crippen LogP contribution in [0.5, 0.6) is 0 Å². The predicted octanol–water partition coefficient (Wildman–Crippen LogP) is 2.62. The highest BCUT2D eigenvalue weighted by Crippen LogP contribution is 2.06. The van der Waals surface area contributed by atoms with Crippen LogP contribution in [0.3, 0.4) is 0 Å². The van der Waals surface area contributed by atoms with Crippen LogP contribution in [0.25, 0.3) is 5.69 Å². The fourth-order valence-electron chi connectivity index (χ4n) is 1.67. The Hall–Kier alpha value is -1.61. The molecule has 90 valence electrons. The maximum absolute atomic E-state index is 4.53. The van der Waals surface area contributed by atoms with Gasteiger partial charge in [0.05, 0.1) is 11.4 Å². The molecule has 2 aromatic rings. The standard InChI is InChI=1S/C14H19N3/c1-12(2)10-15-11-13-8-9-17(16-13)14-6-4-3-5-7-14/h3-9,12,15H,10-11H2,1-2H3. The van der Waals surface area contributed by atoms with Crippen LogP contribution in [0.15, 0.2) is 42.6 Å². The van der Waals surface area contributed by atoms with E-state index in [4.69, 9.17) is 0 Å². The van der Waals surface area contributed by atoms with Gasteiger partial charge >= 0.3 is 0 Å². The Morgan fingerprint density at radius 2 is 1.94 bits per heavy atom. The van der Waals surface area contributed by atoms with Crippen LogP contribution in [0.4, 0.5) is 0 Å². The summed E-state index contributed by atoms with van der Waals surface area (Å²) < 4.78 is 1.91. The van der Waals surface area contributed by atoms with E-state index in [0.29, 0.717) is 5.92 Å². The van der Waals surface area contributed by atoms with E-state index in [1.165, 1.54) is 0 Å². The van der Waals surface area contributed by atoms with Crippen molar-refractivity contribution >= 4 is 0 Å². The molecule has 0 aliphatic heterocycles. The van der Waals surface area contributed by atoms with Gasteiger partial charge in [-0.2, -0.15) is 5.10 Å². The van der Waals surface area contributed by atoms with Gasteiger partial charge in [0.25, 0.3) is 0 Å². The van der Waals surface area contributed by atoms with E-state index < -0.39 is 0 Å². The van der Waals surface area contributed by atoms with Crippen molar-refractivity contribution in [1.29, 1.82) is 0 Å². The number of rotatable bonds is 5.